The number of hydrogen-bond donors (Lipinski definition) is 2. The van der Waals surface area contributed by atoms with Gasteiger partial charge >= 0.3 is 6.09 Å². The van der Waals surface area contributed by atoms with Gasteiger partial charge in [-0.1, -0.05) is 167 Å². The lowest BCUT2D eigenvalue weighted by molar-refractivity contribution is -0.126. The third kappa shape index (κ3) is 11.4. The minimum absolute atomic E-state index is 0.283. The number of carbonyl (C=O) groups excluding carboxylic acids is 2. The number of halogens is 1. The zero-order chi connectivity index (χ0) is 43.1. The average molecular weight is 895 g/mol. The first kappa shape index (κ1) is 46.0. The van der Waals surface area contributed by atoms with Gasteiger partial charge in [0, 0.05) is 4.47 Å². The fourth-order valence-electron chi connectivity index (χ4n) is 8.00. The van der Waals surface area contributed by atoms with Crippen molar-refractivity contribution in [1.29, 1.82) is 0 Å². The summed E-state index contributed by atoms with van der Waals surface area (Å²) in [6.07, 6.45) is 0.271. The van der Waals surface area contributed by atoms with Gasteiger partial charge in [-0.25, -0.2) is 4.79 Å². The number of nitrogens with one attached hydrogen (secondary N) is 2. The molecule has 0 spiro atoms. The van der Waals surface area contributed by atoms with Gasteiger partial charge in [-0.2, -0.15) is 0 Å². The van der Waals surface area contributed by atoms with Crippen molar-refractivity contribution >= 4 is 64.5 Å². The van der Waals surface area contributed by atoms with Crippen molar-refractivity contribution in [2.24, 2.45) is 5.41 Å². The summed E-state index contributed by atoms with van der Waals surface area (Å²) in [7, 11) is -5.48. The first-order valence-corrected chi connectivity index (χ1v) is 25.4. The summed E-state index contributed by atoms with van der Waals surface area (Å²) in [5.74, 6) is -0.283. The molecule has 0 saturated carbocycles. The first-order valence-electron chi connectivity index (χ1n) is 20.6. The minimum atomic E-state index is -3.09. The summed E-state index contributed by atoms with van der Waals surface area (Å²) in [6.45, 7) is 20.3. The molecule has 0 aliphatic rings. The standard InChI is InChI=1S/C50H62BrN2O4PSi/c1-37(57-59(50(8,9)10,42-27-19-13-20-28-42)43-29-21-14-22-30-43)44(52-46(54)45(48(2,3)4)53-47(55)56-49(5,6)7)36-58(40-23-15-11-16-24-40,41-25-17-12-18-26-41)35-38-31-33-39(51)34-32-38/h11-34,37,44-45H,35-36H2,1-10H3,(H-,52,53,54,55)/p+1/t37?,44-,45?/m1/s1. The first-order chi connectivity index (χ1) is 27.7. The van der Waals surface area contributed by atoms with E-state index in [1.807, 2.05) is 53.7 Å². The van der Waals surface area contributed by atoms with Crippen molar-refractivity contribution in [1.82, 2.24) is 10.6 Å². The van der Waals surface area contributed by atoms with Crippen LogP contribution < -0.4 is 31.6 Å². The molecule has 0 heterocycles. The van der Waals surface area contributed by atoms with Gasteiger partial charge in [0.25, 0.3) is 8.32 Å². The number of rotatable bonds is 14. The monoisotopic (exact) mass is 893 g/mol. The number of carbonyl (C=O) groups is 2. The van der Waals surface area contributed by atoms with Crippen LogP contribution >= 0.6 is 23.2 Å². The smallest absolute Gasteiger partial charge is 0.408 e. The number of benzene rings is 5. The highest BCUT2D eigenvalue weighted by Crippen LogP contribution is 2.60. The van der Waals surface area contributed by atoms with Crippen LogP contribution in [0, 0.1) is 5.41 Å². The Hall–Kier alpha value is -4.07. The summed E-state index contributed by atoms with van der Waals surface area (Å²) in [6, 6.07) is 50.0. The molecule has 6 nitrogen and oxygen atoms in total. The predicted octanol–water partition coefficient (Wildman–Crippen LogP) is 10.0. The maximum Gasteiger partial charge on any atom is 0.408 e. The Morgan fingerprint density at radius 1 is 0.644 bits per heavy atom. The summed E-state index contributed by atoms with van der Waals surface area (Å²) in [5.41, 5.74) is -0.165. The molecule has 2 amide bonds. The second-order valence-corrected chi connectivity index (χ2v) is 27.5. The molecular weight excluding hydrogens is 832 g/mol. The van der Waals surface area contributed by atoms with Gasteiger partial charge in [-0.15, -0.1) is 0 Å². The Morgan fingerprint density at radius 3 is 1.49 bits per heavy atom. The average Bonchev–Trinajstić information content (AvgIpc) is 3.19. The van der Waals surface area contributed by atoms with E-state index in [9.17, 15) is 4.79 Å². The lowest BCUT2D eigenvalue weighted by Gasteiger charge is -2.46. The third-order valence-corrected chi connectivity index (χ3v) is 21.0. The van der Waals surface area contributed by atoms with Crippen molar-refractivity contribution in [2.45, 2.75) is 104 Å². The molecule has 2 N–H and O–H groups in total. The van der Waals surface area contributed by atoms with Crippen LogP contribution in [0.2, 0.25) is 5.04 Å². The fraction of sp³-hybridized carbons (Fsp3) is 0.360. The quantitative estimate of drug-likeness (QED) is 0.0860. The molecule has 2 unspecified atom stereocenters. The second kappa shape index (κ2) is 19.1. The molecule has 5 aromatic carbocycles. The van der Waals surface area contributed by atoms with Gasteiger partial charge in [0.1, 0.15) is 11.6 Å². The maximum absolute atomic E-state index is 15.0. The van der Waals surface area contributed by atoms with E-state index >= 15 is 4.79 Å². The van der Waals surface area contributed by atoms with Gasteiger partial charge in [0.2, 0.25) is 5.91 Å². The Balaban J connectivity index is 1.73. The van der Waals surface area contributed by atoms with Crippen LogP contribution in [0.15, 0.2) is 150 Å². The van der Waals surface area contributed by atoms with Crippen LogP contribution in [0.25, 0.3) is 0 Å². The van der Waals surface area contributed by atoms with Crippen molar-refractivity contribution in [3.8, 4) is 0 Å². The van der Waals surface area contributed by atoms with Crippen LogP contribution in [0.5, 0.6) is 0 Å². The molecule has 5 rings (SSSR count). The van der Waals surface area contributed by atoms with Crippen LogP contribution in [0.3, 0.4) is 0 Å². The van der Waals surface area contributed by atoms with Crippen molar-refractivity contribution in [3.05, 3.63) is 156 Å². The van der Waals surface area contributed by atoms with Crippen molar-refractivity contribution in [3.63, 3.8) is 0 Å². The highest BCUT2D eigenvalue weighted by atomic mass is 79.9. The topological polar surface area (TPSA) is 76.7 Å². The summed E-state index contributed by atoms with van der Waals surface area (Å²) in [5, 5.41) is 11.0. The van der Waals surface area contributed by atoms with Crippen LogP contribution in [-0.2, 0) is 20.1 Å². The summed E-state index contributed by atoms with van der Waals surface area (Å²) in [4.78, 5) is 28.4. The van der Waals surface area contributed by atoms with E-state index in [0.29, 0.717) is 6.16 Å². The van der Waals surface area contributed by atoms with Gasteiger partial charge < -0.3 is 19.8 Å². The number of alkyl carbamates (subject to hydrolysis) is 1. The zero-order valence-corrected chi connectivity index (χ0v) is 39.9. The fourth-order valence-corrected chi connectivity index (χ4v) is 17.6. The van der Waals surface area contributed by atoms with Crippen molar-refractivity contribution in [2.75, 3.05) is 6.16 Å². The summed E-state index contributed by atoms with van der Waals surface area (Å²) < 4.78 is 14.6. The highest BCUT2D eigenvalue weighted by Gasteiger charge is 2.54. The highest BCUT2D eigenvalue weighted by molar-refractivity contribution is 9.10. The molecule has 0 aliphatic heterocycles. The summed E-state index contributed by atoms with van der Waals surface area (Å²) >= 11 is 3.66. The predicted molar refractivity (Wildman–Crippen MR) is 254 cm³/mol. The molecular formula is C50H63BrN2O4PSi+. The van der Waals surface area contributed by atoms with Gasteiger partial charge in [-0.05, 0) is 90.5 Å². The van der Waals surface area contributed by atoms with Gasteiger partial charge in [-0.3, -0.25) is 4.79 Å². The molecule has 0 fully saturated rings. The van der Waals surface area contributed by atoms with Gasteiger partial charge in [0.15, 0.2) is 0 Å². The van der Waals surface area contributed by atoms with E-state index in [2.05, 4.69) is 188 Å². The molecule has 3 atom stereocenters. The van der Waals surface area contributed by atoms with E-state index in [-0.39, 0.29) is 10.9 Å². The SMILES string of the molecule is CC(O[Si](c1ccccc1)(c1ccccc1)C(C)(C)C)[C@@H](C[P+](Cc1ccc(Br)cc1)(c1ccccc1)c1ccccc1)NC(=O)C(NC(=O)OC(C)(C)C)C(C)(C)C. The molecule has 0 aromatic heterocycles. The zero-order valence-electron chi connectivity index (χ0n) is 36.5. The molecule has 0 aliphatic carbocycles. The number of hydrogen-bond acceptors (Lipinski definition) is 4. The van der Waals surface area contributed by atoms with E-state index in [4.69, 9.17) is 9.16 Å². The lowest BCUT2D eigenvalue weighted by Crippen LogP contribution is -2.69. The van der Waals surface area contributed by atoms with Crippen LogP contribution in [0.1, 0.15) is 74.8 Å². The third-order valence-electron chi connectivity index (χ3n) is 10.8. The molecule has 312 valence electrons. The Bertz CT molecular complexity index is 2020. The molecule has 59 heavy (non-hydrogen) atoms. The largest absolute Gasteiger partial charge is 0.444 e. The Labute approximate surface area is 363 Å². The van der Waals surface area contributed by atoms with Crippen LogP contribution in [-0.4, -0.2) is 50.3 Å². The molecule has 0 radical (unpaired) electrons. The Kier molecular flexibility index (Phi) is 14.9. The normalized spacial score (nSPS) is 14.2. The van der Waals surface area contributed by atoms with E-state index in [1.165, 1.54) is 16.2 Å². The Morgan fingerprint density at radius 2 is 1.08 bits per heavy atom. The minimum Gasteiger partial charge on any atom is -0.444 e. The molecule has 0 saturated heterocycles. The van der Waals surface area contributed by atoms with Crippen molar-refractivity contribution < 1.29 is 18.8 Å². The number of ether oxygens (including phenoxy) is 1. The van der Waals surface area contributed by atoms with E-state index in [0.717, 1.165) is 21.0 Å². The molecule has 5 aromatic rings. The van der Waals surface area contributed by atoms with Gasteiger partial charge in [0.05, 0.1) is 42.3 Å². The maximum atomic E-state index is 15.0. The molecule has 9 heteroatoms. The lowest BCUT2D eigenvalue weighted by atomic mass is 9.86. The van der Waals surface area contributed by atoms with E-state index in [1.54, 1.807) is 0 Å². The van der Waals surface area contributed by atoms with Crippen LogP contribution in [0.4, 0.5) is 4.79 Å². The second-order valence-electron chi connectivity index (χ2n) is 18.7. The number of amides is 2. The molecule has 0 bridgehead atoms. The van der Waals surface area contributed by atoms with E-state index < -0.39 is 50.9 Å².